The van der Waals surface area contributed by atoms with Gasteiger partial charge in [0.05, 0.1) is 4.47 Å². The number of carbonyl (C=O) groups is 1. The highest BCUT2D eigenvalue weighted by Gasteiger charge is 2.14. The lowest BCUT2D eigenvalue weighted by Crippen LogP contribution is -2.03. The van der Waals surface area contributed by atoms with Crippen LogP contribution >= 0.6 is 31.9 Å². The molecule has 0 saturated heterocycles. The van der Waals surface area contributed by atoms with Crippen LogP contribution in [0.1, 0.15) is 15.9 Å². The molecule has 0 fully saturated rings. The highest BCUT2D eigenvalue weighted by atomic mass is 79.9. The van der Waals surface area contributed by atoms with Gasteiger partial charge in [-0.3, -0.25) is 4.79 Å². The SMILES string of the molecule is Nc1ccc(C(=O)c2ccc(Br)c(F)c2)c(Br)c1. The summed E-state index contributed by atoms with van der Waals surface area (Å²) in [6.07, 6.45) is 0. The lowest BCUT2D eigenvalue weighted by molar-refractivity contribution is 0.103. The Hall–Kier alpha value is -1.20. The first-order valence-electron chi connectivity index (χ1n) is 5.04. The van der Waals surface area contributed by atoms with Crippen LogP contribution in [-0.4, -0.2) is 5.78 Å². The number of nitrogens with two attached hydrogens (primary N) is 1. The Labute approximate surface area is 120 Å². The van der Waals surface area contributed by atoms with Crippen molar-refractivity contribution in [1.82, 2.24) is 0 Å². The van der Waals surface area contributed by atoms with Gasteiger partial charge in [0.2, 0.25) is 0 Å². The van der Waals surface area contributed by atoms with E-state index in [1.807, 2.05) is 0 Å². The first-order valence-corrected chi connectivity index (χ1v) is 6.62. The Bertz CT molecular complexity index is 628. The molecule has 0 aliphatic heterocycles. The van der Waals surface area contributed by atoms with Crippen LogP contribution in [0.25, 0.3) is 0 Å². The van der Waals surface area contributed by atoms with Gasteiger partial charge in [0.25, 0.3) is 0 Å². The van der Waals surface area contributed by atoms with Crippen molar-refractivity contribution in [3.63, 3.8) is 0 Å². The Morgan fingerprint density at radius 3 is 2.39 bits per heavy atom. The van der Waals surface area contributed by atoms with Crippen LogP contribution in [0.5, 0.6) is 0 Å². The predicted molar refractivity (Wildman–Crippen MR) is 76.1 cm³/mol. The van der Waals surface area contributed by atoms with Gasteiger partial charge in [-0.1, -0.05) is 0 Å². The van der Waals surface area contributed by atoms with Crippen LogP contribution < -0.4 is 5.73 Å². The van der Waals surface area contributed by atoms with E-state index in [9.17, 15) is 9.18 Å². The molecule has 0 saturated carbocycles. The standard InChI is InChI=1S/C13H8Br2FNO/c14-10-4-1-7(5-12(10)16)13(18)9-3-2-8(17)6-11(9)15/h1-6H,17H2. The van der Waals surface area contributed by atoms with E-state index in [2.05, 4.69) is 31.9 Å². The number of rotatable bonds is 2. The summed E-state index contributed by atoms with van der Waals surface area (Å²) in [6, 6.07) is 9.17. The van der Waals surface area contributed by atoms with Gasteiger partial charge in [0.15, 0.2) is 5.78 Å². The molecule has 0 heterocycles. The minimum absolute atomic E-state index is 0.256. The summed E-state index contributed by atoms with van der Waals surface area (Å²) >= 11 is 6.32. The maximum Gasteiger partial charge on any atom is 0.194 e. The zero-order chi connectivity index (χ0) is 13.3. The van der Waals surface area contributed by atoms with Gasteiger partial charge in [-0.05, 0) is 68.3 Å². The van der Waals surface area contributed by atoms with E-state index in [0.717, 1.165) is 0 Å². The molecule has 2 N–H and O–H groups in total. The highest BCUT2D eigenvalue weighted by Crippen LogP contribution is 2.24. The normalized spacial score (nSPS) is 10.4. The molecule has 92 valence electrons. The number of halogens is 3. The number of hydrogen-bond donors (Lipinski definition) is 1. The van der Waals surface area contributed by atoms with Crippen molar-refractivity contribution < 1.29 is 9.18 Å². The van der Waals surface area contributed by atoms with Crippen molar-refractivity contribution in [1.29, 1.82) is 0 Å². The van der Waals surface area contributed by atoms with E-state index in [1.165, 1.54) is 12.1 Å². The number of carbonyl (C=O) groups excluding carboxylic acids is 1. The van der Waals surface area contributed by atoms with Crippen molar-refractivity contribution >= 4 is 43.3 Å². The molecule has 2 rings (SSSR count). The number of ketones is 1. The second kappa shape index (κ2) is 5.20. The molecular formula is C13H8Br2FNO. The molecule has 0 radical (unpaired) electrons. The van der Waals surface area contributed by atoms with E-state index in [-0.39, 0.29) is 5.78 Å². The fourth-order valence-corrected chi connectivity index (χ4v) is 2.33. The third-order valence-corrected chi connectivity index (χ3v) is 3.72. The third kappa shape index (κ3) is 2.62. The predicted octanol–water partition coefficient (Wildman–Crippen LogP) is 4.16. The molecule has 2 aromatic carbocycles. The summed E-state index contributed by atoms with van der Waals surface area (Å²) in [5.41, 5.74) is 6.90. The Kier molecular flexibility index (Phi) is 3.82. The largest absolute Gasteiger partial charge is 0.399 e. The van der Waals surface area contributed by atoms with Gasteiger partial charge in [-0.15, -0.1) is 0 Å². The summed E-state index contributed by atoms with van der Waals surface area (Å²) < 4.78 is 14.3. The first-order chi connectivity index (χ1) is 8.49. The van der Waals surface area contributed by atoms with Crippen LogP contribution in [0.2, 0.25) is 0 Å². The Morgan fingerprint density at radius 2 is 1.78 bits per heavy atom. The number of anilines is 1. The zero-order valence-electron chi connectivity index (χ0n) is 9.08. The monoisotopic (exact) mass is 371 g/mol. The molecule has 0 aliphatic carbocycles. The zero-order valence-corrected chi connectivity index (χ0v) is 12.3. The van der Waals surface area contributed by atoms with Crippen molar-refractivity contribution in [3.8, 4) is 0 Å². The topological polar surface area (TPSA) is 43.1 Å². The molecule has 2 nitrogen and oxygen atoms in total. The number of hydrogen-bond acceptors (Lipinski definition) is 2. The molecule has 0 aliphatic rings. The van der Waals surface area contributed by atoms with Crippen LogP contribution in [0.15, 0.2) is 45.3 Å². The van der Waals surface area contributed by atoms with Gasteiger partial charge in [0, 0.05) is 21.3 Å². The van der Waals surface area contributed by atoms with Crippen LogP contribution in [0.3, 0.4) is 0 Å². The second-order valence-electron chi connectivity index (χ2n) is 3.70. The molecule has 0 aromatic heterocycles. The smallest absolute Gasteiger partial charge is 0.194 e. The maximum absolute atomic E-state index is 13.4. The Morgan fingerprint density at radius 1 is 1.06 bits per heavy atom. The molecule has 0 spiro atoms. The van der Waals surface area contributed by atoms with Gasteiger partial charge in [-0.25, -0.2) is 4.39 Å². The van der Waals surface area contributed by atoms with Crippen molar-refractivity contribution in [2.45, 2.75) is 0 Å². The molecule has 0 unspecified atom stereocenters. The molecule has 0 atom stereocenters. The van der Waals surface area contributed by atoms with Gasteiger partial charge >= 0.3 is 0 Å². The van der Waals surface area contributed by atoms with Gasteiger partial charge < -0.3 is 5.73 Å². The first kappa shape index (κ1) is 13.2. The summed E-state index contributed by atoms with van der Waals surface area (Å²) in [4.78, 5) is 12.2. The minimum atomic E-state index is -0.465. The average Bonchev–Trinajstić information content (AvgIpc) is 2.32. The summed E-state index contributed by atoms with van der Waals surface area (Å²) in [5, 5.41) is 0. The molecule has 18 heavy (non-hydrogen) atoms. The Balaban J connectivity index is 2.44. The fourth-order valence-electron chi connectivity index (χ4n) is 1.51. The van der Waals surface area contributed by atoms with E-state index in [0.29, 0.717) is 25.8 Å². The van der Waals surface area contributed by atoms with Gasteiger partial charge in [-0.2, -0.15) is 0 Å². The van der Waals surface area contributed by atoms with E-state index in [1.54, 1.807) is 24.3 Å². The minimum Gasteiger partial charge on any atom is -0.399 e. The van der Waals surface area contributed by atoms with Crippen molar-refractivity contribution in [2.75, 3.05) is 5.73 Å². The van der Waals surface area contributed by atoms with Gasteiger partial charge in [0.1, 0.15) is 5.82 Å². The molecule has 0 amide bonds. The summed E-state index contributed by atoms with van der Waals surface area (Å²) in [7, 11) is 0. The second-order valence-corrected chi connectivity index (χ2v) is 5.41. The van der Waals surface area contributed by atoms with Crippen LogP contribution in [-0.2, 0) is 0 Å². The maximum atomic E-state index is 13.4. The quantitative estimate of drug-likeness (QED) is 0.635. The lowest BCUT2D eigenvalue weighted by Gasteiger charge is -2.05. The fraction of sp³-hybridized carbons (Fsp3) is 0. The van der Waals surface area contributed by atoms with Crippen LogP contribution in [0.4, 0.5) is 10.1 Å². The van der Waals surface area contributed by atoms with E-state index < -0.39 is 5.82 Å². The van der Waals surface area contributed by atoms with Crippen LogP contribution in [0, 0.1) is 5.82 Å². The molecule has 2 aromatic rings. The molecular weight excluding hydrogens is 365 g/mol. The number of benzene rings is 2. The lowest BCUT2D eigenvalue weighted by atomic mass is 10.0. The summed E-state index contributed by atoms with van der Waals surface area (Å²) in [6.45, 7) is 0. The highest BCUT2D eigenvalue weighted by molar-refractivity contribution is 9.10. The summed E-state index contributed by atoms with van der Waals surface area (Å²) in [5.74, 6) is -0.722. The van der Waals surface area contributed by atoms with Crippen molar-refractivity contribution in [3.05, 3.63) is 62.3 Å². The molecule has 0 bridgehead atoms. The number of nitrogen functional groups attached to an aromatic ring is 1. The van der Waals surface area contributed by atoms with E-state index in [4.69, 9.17) is 5.73 Å². The molecule has 5 heteroatoms. The van der Waals surface area contributed by atoms with E-state index >= 15 is 0 Å². The van der Waals surface area contributed by atoms with Crippen molar-refractivity contribution in [2.24, 2.45) is 0 Å². The average molecular weight is 373 g/mol. The third-order valence-electron chi connectivity index (χ3n) is 2.42.